The SMILES string of the molecule is C=CC(=O)OCCCc1ccc(-c2ccc3c(oc4c(OC)c(OC(=O)C=C)ccc43)c2OC(F)(F)F)cc1. The van der Waals surface area contributed by atoms with Gasteiger partial charge in [-0.1, -0.05) is 37.4 Å². The van der Waals surface area contributed by atoms with E-state index in [0.717, 1.165) is 17.7 Å². The van der Waals surface area contributed by atoms with Gasteiger partial charge in [0.15, 0.2) is 22.7 Å². The number of hydrogen-bond donors (Lipinski definition) is 0. The molecule has 39 heavy (non-hydrogen) atoms. The number of fused-ring (bicyclic) bond motifs is 3. The minimum Gasteiger partial charge on any atom is -0.490 e. The number of ether oxygens (including phenoxy) is 4. The van der Waals surface area contributed by atoms with Crippen molar-refractivity contribution >= 4 is 33.9 Å². The summed E-state index contributed by atoms with van der Waals surface area (Å²) in [5.41, 5.74) is 1.45. The van der Waals surface area contributed by atoms with Gasteiger partial charge in [-0.2, -0.15) is 0 Å². The highest BCUT2D eigenvalue weighted by molar-refractivity contribution is 6.11. The van der Waals surface area contributed by atoms with Crippen LogP contribution in [0.1, 0.15) is 12.0 Å². The van der Waals surface area contributed by atoms with Crippen molar-refractivity contribution in [3.05, 3.63) is 79.4 Å². The number of hydrogen-bond acceptors (Lipinski definition) is 7. The van der Waals surface area contributed by atoms with Crippen LogP contribution in [0.15, 0.2) is 78.3 Å². The molecule has 1 heterocycles. The summed E-state index contributed by atoms with van der Waals surface area (Å²) in [5, 5.41) is 0.782. The molecule has 0 atom stereocenters. The summed E-state index contributed by atoms with van der Waals surface area (Å²) >= 11 is 0. The van der Waals surface area contributed by atoms with Gasteiger partial charge in [0.1, 0.15) is 0 Å². The third-order valence-corrected chi connectivity index (χ3v) is 5.77. The Morgan fingerprint density at radius 3 is 2.15 bits per heavy atom. The minimum atomic E-state index is -5.00. The van der Waals surface area contributed by atoms with Crippen LogP contribution in [0.5, 0.6) is 17.2 Å². The number of benzene rings is 3. The van der Waals surface area contributed by atoms with E-state index in [1.165, 1.54) is 19.2 Å². The molecule has 0 N–H and O–H groups in total. The molecule has 0 fully saturated rings. The number of methoxy groups -OCH3 is 1. The van der Waals surface area contributed by atoms with Gasteiger partial charge in [0.25, 0.3) is 0 Å². The third kappa shape index (κ3) is 6.06. The van der Waals surface area contributed by atoms with Crippen molar-refractivity contribution in [2.24, 2.45) is 0 Å². The summed E-state index contributed by atoms with van der Waals surface area (Å²) in [6.07, 6.45) is -1.79. The molecular formula is C29H23F3O7. The summed E-state index contributed by atoms with van der Waals surface area (Å²) in [5.74, 6) is -1.72. The van der Waals surface area contributed by atoms with Gasteiger partial charge < -0.3 is 23.4 Å². The highest BCUT2D eigenvalue weighted by Crippen LogP contribution is 2.47. The average molecular weight is 540 g/mol. The molecular weight excluding hydrogens is 517 g/mol. The van der Waals surface area contributed by atoms with Crippen LogP contribution in [-0.2, 0) is 20.7 Å². The Balaban J connectivity index is 1.75. The van der Waals surface area contributed by atoms with Crippen molar-refractivity contribution in [1.29, 1.82) is 0 Å². The van der Waals surface area contributed by atoms with E-state index >= 15 is 0 Å². The number of esters is 2. The maximum absolute atomic E-state index is 13.5. The average Bonchev–Trinajstić information content (AvgIpc) is 3.30. The van der Waals surface area contributed by atoms with E-state index in [4.69, 9.17) is 18.6 Å². The first-order chi connectivity index (χ1) is 18.6. The van der Waals surface area contributed by atoms with E-state index in [0.29, 0.717) is 29.2 Å². The van der Waals surface area contributed by atoms with Gasteiger partial charge in [0.05, 0.1) is 13.7 Å². The molecule has 3 aromatic carbocycles. The Hall–Kier alpha value is -4.73. The summed E-state index contributed by atoms with van der Waals surface area (Å²) in [7, 11) is 1.32. The number of carbonyl (C=O) groups excluding carboxylic acids is 2. The van der Waals surface area contributed by atoms with Gasteiger partial charge in [0, 0.05) is 28.5 Å². The van der Waals surface area contributed by atoms with Crippen molar-refractivity contribution in [2.45, 2.75) is 19.2 Å². The van der Waals surface area contributed by atoms with Gasteiger partial charge in [-0.05, 0) is 48.2 Å². The zero-order valence-corrected chi connectivity index (χ0v) is 20.8. The van der Waals surface area contributed by atoms with Gasteiger partial charge >= 0.3 is 18.3 Å². The van der Waals surface area contributed by atoms with Crippen molar-refractivity contribution in [3.8, 4) is 28.4 Å². The third-order valence-electron chi connectivity index (χ3n) is 5.77. The molecule has 0 saturated carbocycles. The Bertz CT molecular complexity index is 1550. The van der Waals surface area contributed by atoms with Crippen LogP contribution >= 0.6 is 0 Å². The molecule has 1 aromatic heterocycles. The summed E-state index contributed by atoms with van der Waals surface area (Å²) in [4.78, 5) is 22.9. The first-order valence-electron chi connectivity index (χ1n) is 11.7. The molecule has 0 radical (unpaired) electrons. The predicted octanol–water partition coefficient (Wildman–Crippen LogP) is 6.91. The maximum Gasteiger partial charge on any atom is 0.573 e. The molecule has 0 aliphatic heterocycles. The number of rotatable bonds is 10. The number of furan rings is 1. The fraction of sp³-hybridized carbons (Fsp3) is 0.172. The first kappa shape index (κ1) is 27.3. The molecule has 0 aliphatic rings. The fourth-order valence-electron chi connectivity index (χ4n) is 4.06. The molecule has 0 aliphatic carbocycles. The second-order valence-corrected chi connectivity index (χ2v) is 8.24. The predicted molar refractivity (Wildman–Crippen MR) is 138 cm³/mol. The topological polar surface area (TPSA) is 84.2 Å². The van der Waals surface area contributed by atoms with E-state index in [9.17, 15) is 22.8 Å². The lowest BCUT2D eigenvalue weighted by atomic mass is 9.99. The van der Waals surface area contributed by atoms with Crippen LogP contribution in [0.4, 0.5) is 13.2 Å². The lowest BCUT2D eigenvalue weighted by molar-refractivity contribution is -0.274. The van der Waals surface area contributed by atoms with E-state index < -0.39 is 24.1 Å². The van der Waals surface area contributed by atoms with Crippen LogP contribution in [0.3, 0.4) is 0 Å². The summed E-state index contributed by atoms with van der Waals surface area (Å²) in [6, 6.07) is 13.0. The number of halogens is 3. The van der Waals surface area contributed by atoms with E-state index in [-0.39, 0.29) is 34.8 Å². The number of aryl methyl sites for hydroxylation is 1. The summed E-state index contributed by atoms with van der Waals surface area (Å²) in [6.45, 7) is 6.90. The highest BCUT2D eigenvalue weighted by atomic mass is 19.4. The Morgan fingerprint density at radius 2 is 1.54 bits per heavy atom. The van der Waals surface area contributed by atoms with E-state index in [1.54, 1.807) is 36.4 Å². The Labute approximate surface area is 221 Å². The lowest BCUT2D eigenvalue weighted by Crippen LogP contribution is -2.17. The molecule has 0 spiro atoms. The molecule has 4 aromatic rings. The standard InChI is InChI=1S/C29H23F3O7/c1-4-23(33)36-16-6-7-17-8-10-18(11-9-17)19-12-13-20-21-14-15-22(37-24(34)5-2)28(35-3)26(21)38-25(20)27(19)39-29(30,31)32/h4-5,8-15H,1-2,6-7,16H2,3H3. The molecule has 4 rings (SSSR count). The monoisotopic (exact) mass is 540 g/mol. The highest BCUT2D eigenvalue weighted by Gasteiger charge is 2.34. The van der Waals surface area contributed by atoms with Crippen molar-refractivity contribution < 1.29 is 46.1 Å². The molecule has 7 nitrogen and oxygen atoms in total. The molecule has 10 heteroatoms. The van der Waals surface area contributed by atoms with Crippen molar-refractivity contribution in [1.82, 2.24) is 0 Å². The van der Waals surface area contributed by atoms with Gasteiger partial charge in [-0.15, -0.1) is 13.2 Å². The summed E-state index contributed by atoms with van der Waals surface area (Å²) < 4.78 is 66.4. The first-order valence-corrected chi connectivity index (χ1v) is 11.7. The van der Waals surface area contributed by atoms with Gasteiger partial charge in [-0.3, -0.25) is 0 Å². The van der Waals surface area contributed by atoms with Gasteiger partial charge in [0.2, 0.25) is 5.75 Å². The minimum absolute atomic E-state index is 0.0160. The largest absolute Gasteiger partial charge is 0.573 e. The molecule has 0 unspecified atom stereocenters. The lowest BCUT2D eigenvalue weighted by Gasteiger charge is -2.14. The maximum atomic E-state index is 13.5. The molecule has 0 amide bonds. The molecule has 202 valence electrons. The second-order valence-electron chi connectivity index (χ2n) is 8.24. The van der Waals surface area contributed by atoms with Crippen LogP contribution < -0.4 is 14.2 Å². The Kier molecular flexibility index (Phi) is 7.94. The van der Waals surface area contributed by atoms with Crippen LogP contribution in [-0.4, -0.2) is 32.0 Å². The van der Waals surface area contributed by atoms with E-state index in [2.05, 4.69) is 17.9 Å². The Morgan fingerprint density at radius 1 is 0.897 bits per heavy atom. The van der Waals surface area contributed by atoms with Crippen molar-refractivity contribution in [3.63, 3.8) is 0 Å². The van der Waals surface area contributed by atoms with Crippen LogP contribution in [0.2, 0.25) is 0 Å². The smallest absolute Gasteiger partial charge is 0.490 e. The molecule has 0 bridgehead atoms. The van der Waals surface area contributed by atoms with Crippen LogP contribution in [0.25, 0.3) is 33.1 Å². The molecule has 0 saturated heterocycles. The zero-order chi connectivity index (χ0) is 28.2. The van der Waals surface area contributed by atoms with Crippen molar-refractivity contribution in [2.75, 3.05) is 13.7 Å². The van der Waals surface area contributed by atoms with E-state index in [1.807, 2.05) is 0 Å². The fourth-order valence-corrected chi connectivity index (χ4v) is 4.06. The zero-order valence-electron chi connectivity index (χ0n) is 20.8. The van der Waals surface area contributed by atoms with Crippen LogP contribution in [0, 0.1) is 0 Å². The number of carbonyl (C=O) groups is 2. The normalized spacial score (nSPS) is 11.3. The quantitative estimate of drug-likeness (QED) is 0.0935. The number of alkyl halides is 3. The second kappa shape index (κ2) is 11.3. The van der Waals surface area contributed by atoms with Gasteiger partial charge in [-0.25, -0.2) is 9.59 Å².